The Morgan fingerprint density at radius 3 is 2.05 bits per heavy atom. The fourth-order valence-corrected chi connectivity index (χ4v) is 2.97. The highest BCUT2D eigenvalue weighted by molar-refractivity contribution is 5.80. The molecule has 0 saturated carbocycles. The molecule has 2 heterocycles. The largest absolute Gasteiger partial charge is 0.369 e. The number of piperidine rings is 1. The summed E-state index contributed by atoms with van der Waals surface area (Å²) in [4.78, 5) is 29.9. The Morgan fingerprint density at radius 1 is 1.00 bits per heavy atom. The predicted octanol–water partition coefficient (Wildman–Crippen LogP) is -0.652. The van der Waals surface area contributed by atoms with E-state index in [0.29, 0.717) is 32.5 Å². The molecule has 2 rings (SSSR count). The normalized spacial score (nSPS) is 22.9. The molecule has 20 heavy (non-hydrogen) atoms. The topological polar surface area (TPSA) is 69.9 Å². The van der Waals surface area contributed by atoms with Crippen molar-refractivity contribution in [2.45, 2.75) is 19.8 Å². The molecule has 2 N–H and O–H groups in total. The van der Waals surface area contributed by atoms with Crippen molar-refractivity contribution in [1.82, 2.24) is 14.7 Å². The third-order valence-corrected chi connectivity index (χ3v) is 4.52. The minimum absolute atomic E-state index is 0.0489. The molecule has 2 amide bonds. The predicted molar refractivity (Wildman–Crippen MR) is 77.1 cm³/mol. The van der Waals surface area contributed by atoms with Crippen LogP contribution in [0, 0.1) is 5.92 Å². The Labute approximate surface area is 120 Å². The summed E-state index contributed by atoms with van der Waals surface area (Å²) >= 11 is 0. The number of carbonyl (C=O) groups excluding carboxylic acids is 2. The fraction of sp³-hybridized carbons (Fsp3) is 0.857. The number of primary amides is 1. The van der Waals surface area contributed by atoms with Crippen molar-refractivity contribution in [1.29, 1.82) is 0 Å². The molecule has 0 aliphatic carbocycles. The van der Waals surface area contributed by atoms with Gasteiger partial charge in [0.1, 0.15) is 0 Å². The van der Waals surface area contributed by atoms with Crippen LogP contribution in [0.25, 0.3) is 0 Å². The van der Waals surface area contributed by atoms with E-state index in [0.717, 1.165) is 32.7 Å². The Bertz CT molecular complexity index is 345. The zero-order valence-corrected chi connectivity index (χ0v) is 12.4. The molecule has 0 aromatic rings. The number of carbonyl (C=O) groups is 2. The van der Waals surface area contributed by atoms with Gasteiger partial charge in [0.2, 0.25) is 11.8 Å². The summed E-state index contributed by atoms with van der Waals surface area (Å²) in [5.41, 5.74) is 5.31. The first-order chi connectivity index (χ1) is 9.60. The molecule has 0 atom stereocenters. The molecule has 2 aliphatic rings. The van der Waals surface area contributed by atoms with E-state index >= 15 is 0 Å². The first-order valence-electron chi connectivity index (χ1n) is 7.62. The molecule has 2 fully saturated rings. The molecule has 0 spiro atoms. The van der Waals surface area contributed by atoms with Crippen LogP contribution in [0.2, 0.25) is 0 Å². The molecule has 0 aromatic heterocycles. The van der Waals surface area contributed by atoms with E-state index in [1.165, 1.54) is 0 Å². The molecule has 0 aromatic carbocycles. The maximum Gasteiger partial charge on any atom is 0.236 e. The van der Waals surface area contributed by atoms with Gasteiger partial charge in [-0.15, -0.1) is 0 Å². The molecule has 114 valence electrons. The second-order valence-electron chi connectivity index (χ2n) is 5.77. The number of piperazine rings is 1. The lowest BCUT2D eigenvalue weighted by molar-refractivity contribution is -0.136. The van der Waals surface area contributed by atoms with Crippen molar-refractivity contribution in [3.63, 3.8) is 0 Å². The van der Waals surface area contributed by atoms with Crippen LogP contribution in [0.4, 0.5) is 0 Å². The zero-order valence-electron chi connectivity index (χ0n) is 12.4. The molecule has 6 nitrogen and oxygen atoms in total. The van der Waals surface area contributed by atoms with E-state index in [1.807, 2.05) is 4.90 Å². The van der Waals surface area contributed by atoms with Crippen molar-refractivity contribution in [3.05, 3.63) is 0 Å². The van der Waals surface area contributed by atoms with Gasteiger partial charge in [0.05, 0.1) is 6.54 Å². The Kier molecular flexibility index (Phi) is 5.37. The third-order valence-electron chi connectivity index (χ3n) is 4.52. The number of nitrogens with two attached hydrogens (primary N) is 1. The fourth-order valence-electron chi connectivity index (χ4n) is 2.97. The number of nitrogens with zero attached hydrogens (tertiary/aromatic N) is 3. The van der Waals surface area contributed by atoms with Gasteiger partial charge in [0.25, 0.3) is 0 Å². The average Bonchev–Trinajstić information content (AvgIpc) is 2.48. The second-order valence-corrected chi connectivity index (χ2v) is 5.77. The molecule has 0 unspecified atom stereocenters. The van der Waals surface area contributed by atoms with Crippen molar-refractivity contribution in [2.24, 2.45) is 11.7 Å². The standard InChI is InChI=1S/C14H26N4O2/c1-2-16-7-9-17(10-8-16)11-13(19)18-5-3-12(4-6-18)14(15)20/h12H,2-11H2,1H3,(H2,15,20). The van der Waals surface area contributed by atoms with E-state index in [4.69, 9.17) is 5.73 Å². The minimum atomic E-state index is -0.229. The van der Waals surface area contributed by atoms with Crippen LogP contribution in [-0.2, 0) is 9.59 Å². The van der Waals surface area contributed by atoms with Crippen LogP contribution in [0.5, 0.6) is 0 Å². The average molecular weight is 282 g/mol. The number of rotatable bonds is 4. The number of amides is 2. The van der Waals surface area contributed by atoms with Gasteiger partial charge in [-0.25, -0.2) is 0 Å². The minimum Gasteiger partial charge on any atom is -0.369 e. The van der Waals surface area contributed by atoms with Crippen molar-refractivity contribution < 1.29 is 9.59 Å². The molecule has 6 heteroatoms. The lowest BCUT2D eigenvalue weighted by atomic mass is 9.96. The molecule has 2 aliphatic heterocycles. The summed E-state index contributed by atoms with van der Waals surface area (Å²) in [5, 5.41) is 0. The number of hydrogen-bond acceptors (Lipinski definition) is 4. The molecule has 0 radical (unpaired) electrons. The van der Waals surface area contributed by atoms with Crippen molar-refractivity contribution >= 4 is 11.8 Å². The molecule has 0 bridgehead atoms. The van der Waals surface area contributed by atoms with Crippen LogP contribution in [0.15, 0.2) is 0 Å². The Hall–Kier alpha value is -1.14. The monoisotopic (exact) mass is 282 g/mol. The van der Waals surface area contributed by atoms with Gasteiger partial charge in [0, 0.05) is 45.2 Å². The smallest absolute Gasteiger partial charge is 0.236 e. The highest BCUT2D eigenvalue weighted by atomic mass is 16.2. The van der Waals surface area contributed by atoms with Crippen LogP contribution in [-0.4, -0.2) is 78.9 Å². The zero-order chi connectivity index (χ0) is 14.5. The van der Waals surface area contributed by atoms with Gasteiger partial charge < -0.3 is 15.5 Å². The van der Waals surface area contributed by atoms with E-state index < -0.39 is 0 Å². The second kappa shape index (κ2) is 7.04. The van der Waals surface area contributed by atoms with Crippen LogP contribution in [0.1, 0.15) is 19.8 Å². The van der Waals surface area contributed by atoms with Crippen LogP contribution in [0.3, 0.4) is 0 Å². The highest BCUT2D eigenvalue weighted by Crippen LogP contribution is 2.17. The summed E-state index contributed by atoms with van der Waals surface area (Å²) in [7, 11) is 0. The Morgan fingerprint density at radius 2 is 1.55 bits per heavy atom. The lowest BCUT2D eigenvalue weighted by Crippen LogP contribution is -2.51. The number of likely N-dealkylation sites (tertiary alicyclic amines) is 1. The summed E-state index contributed by atoms with van der Waals surface area (Å²) in [6.45, 7) is 9.14. The lowest BCUT2D eigenvalue weighted by Gasteiger charge is -2.36. The number of likely N-dealkylation sites (N-methyl/N-ethyl adjacent to an activating group) is 1. The van der Waals surface area contributed by atoms with Gasteiger partial charge in [0.15, 0.2) is 0 Å². The Balaban J connectivity index is 1.72. The van der Waals surface area contributed by atoms with Crippen molar-refractivity contribution in [2.75, 3.05) is 52.4 Å². The molecular formula is C14H26N4O2. The first kappa shape index (κ1) is 15.3. The third kappa shape index (κ3) is 3.93. The van der Waals surface area contributed by atoms with E-state index in [2.05, 4.69) is 16.7 Å². The summed E-state index contributed by atoms with van der Waals surface area (Å²) in [5.74, 6) is -0.0854. The number of hydrogen-bond donors (Lipinski definition) is 1. The van der Waals surface area contributed by atoms with Gasteiger partial charge in [-0.2, -0.15) is 0 Å². The van der Waals surface area contributed by atoms with Gasteiger partial charge in [-0.1, -0.05) is 6.92 Å². The quantitative estimate of drug-likeness (QED) is 0.744. The van der Waals surface area contributed by atoms with E-state index in [1.54, 1.807) is 0 Å². The van der Waals surface area contributed by atoms with Crippen LogP contribution >= 0.6 is 0 Å². The maximum absolute atomic E-state index is 12.2. The summed E-state index contributed by atoms with van der Waals surface area (Å²) in [6.07, 6.45) is 1.43. The molecule has 2 saturated heterocycles. The maximum atomic E-state index is 12.2. The molecular weight excluding hydrogens is 256 g/mol. The van der Waals surface area contributed by atoms with Gasteiger partial charge in [-0.3, -0.25) is 14.5 Å². The SMILES string of the molecule is CCN1CCN(CC(=O)N2CCC(C(N)=O)CC2)CC1. The van der Waals surface area contributed by atoms with E-state index in [9.17, 15) is 9.59 Å². The van der Waals surface area contributed by atoms with E-state index in [-0.39, 0.29) is 17.7 Å². The van der Waals surface area contributed by atoms with Gasteiger partial charge >= 0.3 is 0 Å². The van der Waals surface area contributed by atoms with Gasteiger partial charge in [-0.05, 0) is 19.4 Å². The summed E-state index contributed by atoms with van der Waals surface area (Å²) in [6, 6.07) is 0. The van der Waals surface area contributed by atoms with Crippen LogP contribution < -0.4 is 5.73 Å². The highest BCUT2D eigenvalue weighted by Gasteiger charge is 2.27. The van der Waals surface area contributed by atoms with Crippen molar-refractivity contribution in [3.8, 4) is 0 Å². The summed E-state index contributed by atoms with van der Waals surface area (Å²) < 4.78 is 0. The first-order valence-corrected chi connectivity index (χ1v) is 7.62.